The van der Waals surface area contributed by atoms with Crippen LogP contribution in [0.2, 0.25) is 0 Å². The number of sulfonamides is 1. The summed E-state index contributed by atoms with van der Waals surface area (Å²) in [6, 6.07) is 16.8. The van der Waals surface area contributed by atoms with Gasteiger partial charge in [0.1, 0.15) is 11.9 Å². The van der Waals surface area contributed by atoms with Crippen LogP contribution >= 0.6 is 0 Å². The van der Waals surface area contributed by atoms with Gasteiger partial charge in [-0.3, -0.25) is 4.79 Å². The zero-order valence-electron chi connectivity index (χ0n) is 16.0. The Morgan fingerprint density at radius 3 is 2.36 bits per heavy atom. The van der Waals surface area contributed by atoms with Crippen LogP contribution in [0.4, 0.5) is 5.82 Å². The Morgan fingerprint density at radius 2 is 1.68 bits per heavy atom. The molecule has 0 bridgehead atoms. The molecule has 0 saturated heterocycles. The van der Waals surface area contributed by atoms with E-state index < -0.39 is 22.0 Å². The number of carbonyl (C=O) groups excluding carboxylic acids is 1. The fourth-order valence-electron chi connectivity index (χ4n) is 2.88. The molecular formula is C21H23N3O3S. The average Bonchev–Trinajstić information content (AvgIpc) is 2.65. The van der Waals surface area contributed by atoms with E-state index in [9.17, 15) is 13.2 Å². The molecule has 0 saturated carbocycles. The van der Waals surface area contributed by atoms with Crippen LogP contribution in [-0.2, 0) is 14.8 Å². The highest BCUT2D eigenvalue weighted by Gasteiger charge is 2.28. The van der Waals surface area contributed by atoms with Gasteiger partial charge in [0.25, 0.3) is 0 Å². The SMILES string of the molecule is Cc1cccc(NC(=O)[C@H](NS(=O)(=O)c2ccc3ccccc3c2)C(C)C)n1. The molecule has 1 aromatic heterocycles. The molecule has 3 rings (SSSR count). The molecule has 146 valence electrons. The Labute approximate surface area is 165 Å². The highest BCUT2D eigenvalue weighted by atomic mass is 32.2. The van der Waals surface area contributed by atoms with E-state index in [0.29, 0.717) is 5.82 Å². The maximum atomic E-state index is 12.9. The Morgan fingerprint density at radius 1 is 0.964 bits per heavy atom. The first-order valence-electron chi connectivity index (χ1n) is 9.02. The van der Waals surface area contributed by atoms with Crippen molar-refractivity contribution >= 4 is 32.5 Å². The minimum Gasteiger partial charge on any atom is -0.309 e. The highest BCUT2D eigenvalue weighted by molar-refractivity contribution is 7.89. The molecule has 28 heavy (non-hydrogen) atoms. The number of nitrogens with one attached hydrogen (secondary N) is 2. The van der Waals surface area contributed by atoms with Gasteiger partial charge in [0.15, 0.2) is 0 Å². The largest absolute Gasteiger partial charge is 0.309 e. The topological polar surface area (TPSA) is 88.2 Å². The number of fused-ring (bicyclic) bond motifs is 1. The maximum Gasteiger partial charge on any atom is 0.243 e. The fourth-order valence-corrected chi connectivity index (χ4v) is 4.26. The number of rotatable bonds is 6. The van der Waals surface area contributed by atoms with Crippen LogP contribution in [-0.4, -0.2) is 25.4 Å². The van der Waals surface area contributed by atoms with Gasteiger partial charge in [-0.15, -0.1) is 0 Å². The summed E-state index contributed by atoms with van der Waals surface area (Å²) < 4.78 is 28.3. The van der Waals surface area contributed by atoms with Gasteiger partial charge in [-0.05, 0) is 47.9 Å². The van der Waals surface area contributed by atoms with Crippen LogP contribution in [0.1, 0.15) is 19.5 Å². The zero-order valence-corrected chi connectivity index (χ0v) is 16.8. The zero-order chi connectivity index (χ0) is 20.3. The van der Waals surface area contributed by atoms with Gasteiger partial charge in [-0.2, -0.15) is 4.72 Å². The quantitative estimate of drug-likeness (QED) is 0.666. The van der Waals surface area contributed by atoms with Crippen molar-refractivity contribution in [2.75, 3.05) is 5.32 Å². The summed E-state index contributed by atoms with van der Waals surface area (Å²) in [5.74, 6) is -0.307. The number of carbonyl (C=O) groups is 1. The number of aromatic nitrogens is 1. The van der Waals surface area contributed by atoms with Crippen LogP contribution in [0.5, 0.6) is 0 Å². The molecule has 1 atom stereocenters. The number of amides is 1. The van der Waals surface area contributed by atoms with Gasteiger partial charge in [-0.25, -0.2) is 13.4 Å². The van der Waals surface area contributed by atoms with Gasteiger partial charge in [0, 0.05) is 5.69 Å². The summed E-state index contributed by atoms with van der Waals surface area (Å²) in [5, 5.41) is 4.46. The second-order valence-corrected chi connectivity index (χ2v) is 8.72. The molecule has 0 aliphatic heterocycles. The molecule has 7 heteroatoms. The smallest absolute Gasteiger partial charge is 0.243 e. The second-order valence-electron chi connectivity index (χ2n) is 7.01. The summed E-state index contributed by atoms with van der Waals surface area (Å²) in [6.45, 7) is 5.39. The van der Waals surface area contributed by atoms with Crippen LogP contribution in [0, 0.1) is 12.8 Å². The van der Waals surface area contributed by atoms with Crippen molar-refractivity contribution in [1.82, 2.24) is 9.71 Å². The lowest BCUT2D eigenvalue weighted by atomic mass is 10.1. The van der Waals surface area contributed by atoms with E-state index in [-0.39, 0.29) is 10.8 Å². The number of benzene rings is 2. The number of pyridine rings is 1. The number of nitrogens with zero attached hydrogens (tertiary/aromatic N) is 1. The first-order valence-corrected chi connectivity index (χ1v) is 10.5. The molecule has 6 nitrogen and oxygen atoms in total. The van der Waals surface area contributed by atoms with Gasteiger partial charge in [0.05, 0.1) is 4.90 Å². The van der Waals surface area contributed by atoms with Crippen LogP contribution in [0.25, 0.3) is 10.8 Å². The maximum absolute atomic E-state index is 12.9. The van der Waals surface area contributed by atoms with Crippen molar-refractivity contribution in [3.63, 3.8) is 0 Å². The fraction of sp³-hybridized carbons (Fsp3) is 0.238. The molecule has 1 amide bonds. The first kappa shape index (κ1) is 20.0. The Balaban J connectivity index is 1.84. The van der Waals surface area contributed by atoms with E-state index >= 15 is 0 Å². The molecule has 0 aliphatic rings. The van der Waals surface area contributed by atoms with E-state index in [1.54, 1.807) is 44.2 Å². The average molecular weight is 398 g/mol. The van der Waals surface area contributed by atoms with Crippen molar-refractivity contribution in [3.8, 4) is 0 Å². The summed E-state index contributed by atoms with van der Waals surface area (Å²) in [6.07, 6.45) is 0. The van der Waals surface area contributed by atoms with Gasteiger partial charge >= 0.3 is 0 Å². The van der Waals surface area contributed by atoms with Crippen molar-refractivity contribution in [3.05, 3.63) is 66.4 Å². The third-order valence-corrected chi connectivity index (χ3v) is 5.84. The lowest BCUT2D eigenvalue weighted by Crippen LogP contribution is -2.47. The molecule has 0 aliphatic carbocycles. The predicted octanol–water partition coefficient (Wildman–Crippen LogP) is 3.48. The summed E-state index contributed by atoms with van der Waals surface area (Å²) in [5.41, 5.74) is 0.760. The molecule has 0 unspecified atom stereocenters. The third kappa shape index (κ3) is 4.55. The monoisotopic (exact) mass is 397 g/mol. The second kappa shape index (κ2) is 8.08. The van der Waals surface area contributed by atoms with Gasteiger partial charge < -0.3 is 5.32 Å². The van der Waals surface area contributed by atoms with E-state index in [0.717, 1.165) is 16.5 Å². The van der Waals surface area contributed by atoms with E-state index in [2.05, 4.69) is 15.0 Å². The minimum absolute atomic E-state index is 0.123. The summed E-state index contributed by atoms with van der Waals surface area (Å²) in [4.78, 5) is 17.1. The van der Waals surface area contributed by atoms with E-state index in [1.165, 1.54) is 0 Å². The van der Waals surface area contributed by atoms with Crippen LogP contribution in [0.3, 0.4) is 0 Å². The van der Waals surface area contributed by atoms with Crippen LogP contribution in [0.15, 0.2) is 65.6 Å². The Bertz CT molecular complexity index is 1110. The van der Waals surface area contributed by atoms with Crippen molar-refractivity contribution < 1.29 is 13.2 Å². The molecule has 0 radical (unpaired) electrons. The molecule has 2 N–H and O–H groups in total. The molecule has 3 aromatic rings. The highest BCUT2D eigenvalue weighted by Crippen LogP contribution is 2.20. The van der Waals surface area contributed by atoms with Gasteiger partial charge in [0.2, 0.25) is 15.9 Å². The first-order chi connectivity index (χ1) is 13.3. The lowest BCUT2D eigenvalue weighted by molar-refractivity contribution is -0.118. The Hall–Kier alpha value is -2.77. The number of hydrogen-bond donors (Lipinski definition) is 2. The summed E-state index contributed by atoms with van der Waals surface area (Å²) in [7, 11) is -3.87. The molecule has 0 fully saturated rings. The minimum atomic E-state index is -3.87. The summed E-state index contributed by atoms with van der Waals surface area (Å²) >= 11 is 0. The van der Waals surface area contributed by atoms with E-state index in [4.69, 9.17) is 0 Å². The third-order valence-electron chi connectivity index (χ3n) is 4.40. The number of aryl methyl sites for hydroxylation is 1. The molecule has 2 aromatic carbocycles. The van der Waals surface area contributed by atoms with Crippen LogP contribution < -0.4 is 10.0 Å². The lowest BCUT2D eigenvalue weighted by Gasteiger charge is -2.21. The molecule has 1 heterocycles. The van der Waals surface area contributed by atoms with E-state index in [1.807, 2.05) is 37.3 Å². The number of anilines is 1. The molecular weight excluding hydrogens is 374 g/mol. The van der Waals surface area contributed by atoms with Crippen molar-refractivity contribution in [2.45, 2.75) is 31.7 Å². The Kier molecular flexibility index (Phi) is 5.76. The number of hydrogen-bond acceptors (Lipinski definition) is 4. The molecule has 0 spiro atoms. The normalized spacial score (nSPS) is 12.9. The predicted molar refractivity (Wildman–Crippen MR) is 110 cm³/mol. The van der Waals surface area contributed by atoms with Gasteiger partial charge in [-0.1, -0.05) is 50.2 Å². The van der Waals surface area contributed by atoms with Crippen molar-refractivity contribution in [2.24, 2.45) is 5.92 Å². The van der Waals surface area contributed by atoms with Crippen molar-refractivity contribution in [1.29, 1.82) is 0 Å². The standard InChI is InChI=1S/C21H23N3O3S/c1-14(2)20(21(25)23-19-10-6-7-15(3)22-19)24-28(26,27)18-12-11-16-8-4-5-9-17(16)13-18/h4-14,20,24H,1-3H3,(H,22,23,25)/t20-/m1/s1.